The lowest BCUT2D eigenvalue weighted by Gasteiger charge is -1.88. The molecule has 0 aliphatic carbocycles. The van der Waals surface area contributed by atoms with Gasteiger partial charge in [-0.05, 0) is 6.07 Å². The first-order valence-electron chi connectivity index (χ1n) is 3.33. The molecule has 2 rings (SSSR count). The molecular formula is C8H5NO2S. The summed E-state index contributed by atoms with van der Waals surface area (Å²) in [7, 11) is 0. The maximum absolute atomic E-state index is 11.5. The molecule has 2 heterocycles. The Kier molecular flexibility index (Phi) is 1.75. The minimum atomic E-state index is -0.0926. The normalized spacial score (nSPS) is 10.0. The van der Waals surface area contributed by atoms with Gasteiger partial charge in [-0.3, -0.25) is 4.79 Å². The van der Waals surface area contributed by atoms with Crippen molar-refractivity contribution in [1.29, 1.82) is 0 Å². The molecule has 0 aliphatic heterocycles. The highest BCUT2D eigenvalue weighted by atomic mass is 32.1. The Morgan fingerprint density at radius 1 is 1.58 bits per heavy atom. The lowest BCUT2D eigenvalue weighted by Crippen LogP contribution is -1.98. The second-order valence-corrected chi connectivity index (χ2v) is 2.93. The minimum Gasteiger partial charge on any atom is -0.472 e. The summed E-state index contributed by atoms with van der Waals surface area (Å²) in [6.45, 7) is 0. The van der Waals surface area contributed by atoms with Crippen LogP contribution in [0.2, 0.25) is 0 Å². The van der Waals surface area contributed by atoms with E-state index in [1.165, 1.54) is 23.9 Å². The van der Waals surface area contributed by atoms with Crippen LogP contribution < -0.4 is 0 Å². The quantitative estimate of drug-likeness (QED) is 0.662. The standard InChI is InChI=1S/C8H5NO2S/c10-8(6-1-2-11-3-6)7-4-12-5-9-7/h1-5H. The fourth-order valence-corrected chi connectivity index (χ4v) is 1.40. The van der Waals surface area contributed by atoms with Gasteiger partial charge in [-0.15, -0.1) is 11.3 Å². The fraction of sp³-hybridized carbons (Fsp3) is 0. The molecule has 0 aromatic carbocycles. The molecule has 0 saturated heterocycles. The summed E-state index contributed by atoms with van der Waals surface area (Å²) in [5.74, 6) is -0.0926. The molecule has 0 saturated carbocycles. The van der Waals surface area contributed by atoms with Gasteiger partial charge >= 0.3 is 0 Å². The van der Waals surface area contributed by atoms with Crippen molar-refractivity contribution in [1.82, 2.24) is 4.98 Å². The van der Waals surface area contributed by atoms with E-state index in [1.807, 2.05) is 0 Å². The number of thiazole rings is 1. The number of nitrogens with zero attached hydrogens (tertiary/aromatic N) is 1. The van der Waals surface area contributed by atoms with E-state index in [0.29, 0.717) is 11.3 Å². The van der Waals surface area contributed by atoms with Crippen molar-refractivity contribution in [2.75, 3.05) is 0 Å². The van der Waals surface area contributed by atoms with E-state index in [2.05, 4.69) is 4.98 Å². The summed E-state index contributed by atoms with van der Waals surface area (Å²) in [6, 6.07) is 1.63. The van der Waals surface area contributed by atoms with Gasteiger partial charge in [-0.1, -0.05) is 0 Å². The topological polar surface area (TPSA) is 43.1 Å². The zero-order chi connectivity index (χ0) is 8.39. The Balaban J connectivity index is 2.34. The van der Waals surface area contributed by atoms with Gasteiger partial charge in [0.25, 0.3) is 0 Å². The summed E-state index contributed by atoms with van der Waals surface area (Å²) in [5.41, 5.74) is 2.65. The molecular weight excluding hydrogens is 174 g/mol. The molecule has 60 valence electrons. The minimum absolute atomic E-state index is 0.0926. The van der Waals surface area contributed by atoms with Crippen molar-refractivity contribution in [3.05, 3.63) is 40.7 Å². The van der Waals surface area contributed by atoms with E-state index in [-0.39, 0.29) is 5.78 Å². The first-order chi connectivity index (χ1) is 5.88. The second-order valence-electron chi connectivity index (χ2n) is 2.21. The number of rotatable bonds is 2. The Morgan fingerprint density at radius 2 is 2.50 bits per heavy atom. The number of aromatic nitrogens is 1. The number of hydrogen-bond acceptors (Lipinski definition) is 4. The maximum Gasteiger partial charge on any atom is 0.215 e. The summed E-state index contributed by atoms with van der Waals surface area (Å²) >= 11 is 1.40. The third kappa shape index (κ3) is 1.16. The molecule has 3 nitrogen and oxygen atoms in total. The number of hydrogen-bond donors (Lipinski definition) is 0. The molecule has 2 aromatic heterocycles. The van der Waals surface area contributed by atoms with E-state index >= 15 is 0 Å². The number of carbonyl (C=O) groups excluding carboxylic acids is 1. The summed E-state index contributed by atoms with van der Waals surface area (Å²) < 4.78 is 4.79. The first kappa shape index (κ1) is 7.24. The second kappa shape index (κ2) is 2.91. The predicted molar refractivity (Wildman–Crippen MR) is 44.3 cm³/mol. The van der Waals surface area contributed by atoms with Crippen molar-refractivity contribution >= 4 is 17.1 Å². The van der Waals surface area contributed by atoms with Crippen LogP contribution in [0.25, 0.3) is 0 Å². The Hall–Kier alpha value is -1.42. The highest BCUT2D eigenvalue weighted by Gasteiger charge is 2.11. The van der Waals surface area contributed by atoms with Gasteiger partial charge in [-0.25, -0.2) is 4.98 Å². The highest BCUT2D eigenvalue weighted by Crippen LogP contribution is 2.09. The highest BCUT2D eigenvalue weighted by molar-refractivity contribution is 7.07. The summed E-state index contributed by atoms with van der Waals surface area (Å²) in [5, 5.41) is 1.72. The van der Waals surface area contributed by atoms with Gasteiger partial charge in [0.1, 0.15) is 12.0 Å². The van der Waals surface area contributed by atoms with E-state index in [9.17, 15) is 4.79 Å². The van der Waals surface area contributed by atoms with Crippen LogP contribution in [0.3, 0.4) is 0 Å². The van der Waals surface area contributed by atoms with Crippen molar-refractivity contribution in [2.24, 2.45) is 0 Å². The smallest absolute Gasteiger partial charge is 0.215 e. The molecule has 0 fully saturated rings. The van der Waals surface area contributed by atoms with Crippen LogP contribution in [0.15, 0.2) is 33.9 Å². The van der Waals surface area contributed by atoms with Crippen molar-refractivity contribution in [3.8, 4) is 0 Å². The Bertz CT molecular complexity index is 327. The molecule has 0 amide bonds. The van der Waals surface area contributed by atoms with Crippen LogP contribution in [0, 0.1) is 0 Å². The molecule has 2 aromatic rings. The molecule has 4 heteroatoms. The molecule has 0 N–H and O–H groups in total. The first-order valence-corrected chi connectivity index (χ1v) is 4.27. The van der Waals surface area contributed by atoms with E-state index in [0.717, 1.165) is 0 Å². The van der Waals surface area contributed by atoms with Gasteiger partial charge in [0.15, 0.2) is 0 Å². The zero-order valence-corrected chi connectivity index (χ0v) is 6.88. The fourth-order valence-electron chi connectivity index (χ4n) is 0.866. The molecule has 0 unspecified atom stereocenters. The molecule has 0 aliphatic rings. The van der Waals surface area contributed by atoms with Gasteiger partial charge in [0, 0.05) is 5.38 Å². The van der Waals surface area contributed by atoms with Crippen LogP contribution in [-0.4, -0.2) is 10.8 Å². The van der Waals surface area contributed by atoms with Gasteiger partial charge < -0.3 is 4.42 Å². The molecule has 0 atom stereocenters. The average molecular weight is 179 g/mol. The van der Waals surface area contributed by atoms with E-state index in [4.69, 9.17) is 4.42 Å². The van der Waals surface area contributed by atoms with Crippen molar-refractivity contribution in [2.45, 2.75) is 0 Å². The molecule has 12 heavy (non-hydrogen) atoms. The summed E-state index contributed by atoms with van der Waals surface area (Å²) in [6.07, 6.45) is 2.89. The molecule has 0 radical (unpaired) electrons. The van der Waals surface area contributed by atoms with Crippen LogP contribution in [0.5, 0.6) is 0 Å². The van der Waals surface area contributed by atoms with Gasteiger partial charge in [0.05, 0.1) is 17.3 Å². The van der Waals surface area contributed by atoms with Crippen LogP contribution in [-0.2, 0) is 0 Å². The lowest BCUT2D eigenvalue weighted by molar-refractivity contribution is 0.103. The third-order valence-corrected chi connectivity index (χ3v) is 2.03. The van der Waals surface area contributed by atoms with Crippen molar-refractivity contribution < 1.29 is 9.21 Å². The number of ketones is 1. The van der Waals surface area contributed by atoms with Crippen LogP contribution >= 0.6 is 11.3 Å². The average Bonchev–Trinajstić information content (AvgIpc) is 2.77. The molecule has 0 bridgehead atoms. The predicted octanol–water partition coefficient (Wildman–Crippen LogP) is 1.97. The number of carbonyl (C=O) groups is 1. The van der Waals surface area contributed by atoms with Gasteiger partial charge in [0.2, 0.25) is 5.78 Å². The number of furan rings is 1. The largest absolute Gasteiger partial charge is 0.472 e. The maximum atomic E-state index is 11.5. The van der Waals surface area contributed by atoms with Crippen molar-refractivity contribution in [3.63, 3.8) is 0 Å². The van der Waals surface area contributed by atoms with Crippen LogP contribution in [0.4, 0.5) is 0 Å². The lowest BCUT2D eigenvalue weighted by atomic mass is 10.2. The third-order valence-electron chi connectivity index (χ3n) is 1.45. The Morgan fingerprint density at radius 3 is 3.08 bits per heavy atom. The zero-order valence-electron chi connectivity index (χ0n) is 6.06. The van der Waals surface area contributed by atoms with E-state index in [1.54, 1.807) is 17.0 Å². The van der Waals surface area contributed by atoms with E-state index < -0.39 is 0 Å². The monoisotopic (exact) mass is 179 g/mol. The Labute approximate surface area is 72.7 Å². The molecule has 0 spiro atoms. The van der Waals surface area contributed by atoms with Crippen LogP contribution in [0.1, 0.15) is 16.1 Å². The van der Waals surface area contributed by atoms with Gasteiger partial charge in [-0.2, -0.15) is 0 Å². The SMILES string of the molecule is O=C(c1ccoc1)c1cscn1. The summed E-state index contributed by atoms with van der Waals surface area (Å²) in [4.78, 5) is 15.4.